The van der Waals surface area contributed by atoms with Gasteiger partial charge in [-0.3, -0.25) is 9.59 Å². The van der Waals surface area contributed by atoms with Gasteiger partial charge in [0, 0.05) is 0 Å². The van der Waals surface area contributed by atoms with Crippen molar-refractivity contribution >= 4 is 11.9 Å². The van der Waals surface area contributed by atoms with Crippen molar-refractivity contribution in [1.82, 2.24) is 0 Å². The molecule has 1 aliphatic heterocycles. The van der Waals surface area contributed by atoms with E-state index in [0.717, 1.165) is 51.4 Å². The monoisotopic (exact) mass is 208 g/mol. The topological polar surface area (TPSA) is 43.4 Å². The summed E-state index contributed by atoms with van der Waals surface area (Å²) >= 11 is 0. The van der Waals surface area contributed by atoms with Gasteiger partial charge in [0.05, 0.1) is 10.8 Å². The first kappa shape index (κ1) is 9.37. The molecule has 3 fully saturated rings. The molecule has 0 unspecified atom stereocenters. The number of hydrogen-bond donors (Lipinski definition) is 0. The molecular weight excluding hydrogens is 192 g/mol. The molecule has 3 aliphatic rings. The highest BCUT2D eigenvalue weighted by molar-refractivity contribution is 6.02. The Morgan fingerprint density at radius 3 is 1.40 bits per heavy atom. The van der Waals surface area contributed by atoms with E-state index in [9.17, 15) is 9.59 Å². The van der Waals surface area contributed by atoms with Crippen LogP contribution in [0, 0.1) is 10.8 Å². The van der Waals surface area contributed by atoms with E-state index in [1.807, 2.05) is 0 Å². The molecule has 82 valence electrons. The van der Waals surface area contributed by atoms with Gasteiger partial charge in [-0.15, -0.1) is 0 Å². The van der Waals surface area contributed by atoms with Crippen molar-refractivity contribution in [3.8, 4) is 0 Å². The number of esters is 2. The van der Waals surface area contributed by atoms with Gasteiger partial charge in [0.1, 0.15) is 0 Å². The van der Waals surface area contributed by atoms with Gasteiger partial charge in [-0.05, 0) is 25.7 Å². The predicted octanol–water partition coefficient (Wildman–Crippen LogP) is 2.19. The summed E-state index contributed by atoms with van der Waals surface area (Å²) in [5.41, 5.74) is -0.832. The van der Waals surface area contributed by atoms with E-state index in [-0.39, 0.29) is 11.9 Å². The fourth-order valence-corrected chi connectivity index (χ4v) is 3.99. The smallest absolute Gasteiger partial charge is 0.320 e. The number of hydrogen-bond acceptors (Lipinski definition) is 3. The third-order valence-corrected chi connectivity index (χ3v) is 4.80. The average Bonchev–Trinajstić information content (AvgIpc) is 2.90. The molecule has 15 heavy (non-hydrogen) atoms. The number of carbonyl (C=O) groups excluding carboxylic acids is 2. The van der Waals surface area contributed by atoms with E-state index in [0.29, 0.717) is 0 Å². The Balaban J connectivity index is 2.09. The molecule has 2 saturated carbocycles. The molecule has 0 bridgehead atoms. The molecule has 2 aliphatic carbocycles. The SMILES string of the molecule is O=C1OC(=O)C2(CCCC2)C12CCCC2. The lowest BCUT2D eigenvalue weighted by Gasteiger charge is -2.33. The molecule has 0 atom stereocenters. The van der Waals surface area contributed by atoms with Crippen LogP contribution >= 0.6 is 0 Å². The van der Waals surface area contributed by atoms with Crippen LogP contribution in [0.15, 0.2) is 0 Å². The normalized spacial score (nSPS) is 31.7. The molecule has 0 aromatic carbocycles. The van der Waals surface area contributed by atoms with Gasteiger partial charge < -0.3 is 4.74 Å². The van der Waals surface area contributed by atoms with Crippen molar-refractivity contribution in [1.29, 1.82) is 0 Å². The van der Waals surface area contributed by atoms with Gasteiger partial charge >= 0.3 is 11.9 Å². The molecule has 0 N–H and O–H groups in total. The molecule has 3 heteroatoms. The number of fused-ring (bicyclic) bond motifs is 1. The largest absolute Gasteiger partial charge is 0.392 e. The van der Waals surface area contributed by atoms with E-state index in [4.69, 9.17) is 4.74 Å². The second-order valence-corrected chi connectivity index (χ2v) is 5.26. The minimum absolute atomic E-state index is 0.216. The Bertz CT molecular complexity index is 288. The summed E-state index contributed by atoms with van der Waals surface area (Å²) in [6, 6.07) is 0. The van der Waals surface area contributed by atoms with Gasteiger partial charge in [0.2, 0.25) is 0 Å². The first-order chi connectivity index (χ1) is 7.21. The van der Waals surface area contributed by atoms with Crippen molar-refractivity contribution in [3.63, 3.8) is 0 Å². The van der Waals surface area contributed by atoms with Crippen molar-refractivity contribution in [2.45, 2.75) is 51.4 Å². The molecule has 0 aromatic heterocycles. The Hall–Kier alpha value is -0.860. The van der Waals surface area contributed by atoms with Gasteiger partial charge in [-0.25, -0.2) is 0 Å². The van der Waals surface area contributed by atoms with Crippen LogP contribution in [0.5, 0.6) is 0 Å². The third kappa shape index (κ3) is 0.918. The summed E-state index contributed by atoms with van der Waals surface area (Å²) < 4.78 is 4.96. The third-order valence-electron chi connectivity index (χ3n) is 4.80. The van der Waals surface area contributed by atoms with Crippen molar-refractivity contribution in [2.75, 3.05) is 0 Å². The van der Waals surface area contributed by atoms with Crippen LogP contribution in [-0.4, -0.2) is 11.9 Å². The van der Waals surface area contributed by atoms with E-state index < -0.39 is 10.8 Å². The van der Waals surface area contributed by atoms with Crippen LogP contribution in [0.4, 0.5) is 0 Å². The fourth-order valence-electron chi connectivity index (χ4n) is 3.99. The lowest BCUT2D eigenvalue weighted by Crippen LogP contribution is -2.40. The Morgan fingerprint density at radius 2 is 1.07 bits per heavy atom. The van der Waals surface area contributed by atoms with E-state index in [1.165, 1.54) is 0 Å². The summed E-state index contributed by atoms with van der Waals surface area (Å²) in [5.74, 6) is -0.432. The molecule has 2 spiro atoms. The summed E-state index contributed by atoms with van der Waals surface area (Å²) in [6.07, 6.45) is 7.78. The summed E-state index contributed by atoms with van der Waals surface area (Å²) in [5, 5.41) is 0. The van der Waals surface area contributed by atoms with Crippen molar-refractivity contribution < 1.29 is 14.3 Å². The van der Waals surface area contributed by atoms with Crippen LogP contribution in [0.25, 0.3) is 0 Å². The van der Waals surface area contributed by atoms with E-state index in [2.05, 4.69) is 0 Å². The van der Waals surface area contributed by atoms with Gasteiger partial charge in [0.15, 0.2) is 0 Å². The van der Waals surface area contributed by atoms with Crippen LogP contribution in [0.3, 0.4) is 0 Å². The van der Waals surface area contributed by atoms with E-state index in [1.54, 1.807) is 0 Å². The predicted molar refractivity (Wildman–Crippen MR) is 52.9 cm³/mol. The molecule has 0 radical (unpaired) electrons. The number of rotatable bonds is 0. The molecule has 0 aromatic rings. The van der Waals surface area contributed by atoms with Gasteiger partial charge in [0.25, 0.3) is 0 Å². The molecule has 3 nitrogen and oxygen atoms in total. The second-order valence-electron chi connectivity index (χ2n) is 5.26. The first-order valence-corrected chi connectivity index (χ1v) is 5.98. The summed E-state index contributed by atoms with van der Waals surface area (Å²) in [4.78, 5) is 23.9. The maximum Gasteiger partial charge on any atom is 0.320 e. The summed E-state index contributed by atoms with van der Waals surface area (Å²) in [7, 11) is 0. The Kier molecular flexibility index (Phi) is 1.77. The lowest BCUT2D eigenvalue weighted by atomic mass is 9.62. The zero-order valence-corrected chi connectivity index (χ0v) is 8.88. The van der Waals surface area contributed by atoms with Crippen LogP contribution in [0.1, 0.15) is 51.4 Å². The zero-order chi connectivity index (χ0) is 10.5. The minimum atomic E-state index is -0.416. The van der Waals surface area contributed by atoms with Crippen LogP contribution in [0.2, 0.25) is 0 Å². The standard InChI is InChI=1S/C12H16O3/c13-9-11(5-1-2-6-11)12(10(14)15-9)7-3-4-8-12/h1-8H2. The highest BCUT2D eigenvalue weighted by atomic mass is 16.6. The molecule has 3 rings (SSSR count). The Morgan fingerprint density at radius 1 is 0.733 bits per heavy atom. The molecule has 1 saturated heterocycles. The van der Waals surface area contributed by atoms with Crippen LogP contribution < -0.4 is 0 Å². The van der Waals surface area contributed by atoms with Gasteiger partial charge in [-0.1, -0.05) is 25.7 Å². The summed E-state index contributed by atoms with van der Waals surface area (Å²) in [6.45, 7) is 0. The fraction of sp³-hybridized carbons (Fsp3) is 0.833. The lowest BCUT2D eigenvalue weighted by molar-refractivity contribution is -0.155. The quantitative estimate of drug-likeness (QED) is 0.452. The average molecular weight is 208 g/mol. The number of cyclic esters (lactones) is 2. The maximum atomic E-state index is 11.9. The number of carbonyl (C=O) groups is 2. The maximum absolute atomic E-state index is 11.9. The van der Waals surface area contributed by atoms with Crippen molar-refractivity contribution in [3.05, 3.63) is 0 Å². The van der Waals surface area contributed by atoms with Crippen LogP contribution in [-0.2, 0) is 14.3 Å². The minimum Gasteiger partial charge on any atom is -0.392 e. The zero-order valence-electron chi connectivity index (χ0n) is 8.88. The first-order valence-electron chi connectivity index (χ1n) is 5.98. The molecular formula is C12H16O3. The highest BCUT2D eigenvalue weighted by Gasteiger charge is 2.68. The number of ether oxygens (including phenoxy) is 1. The molecule has 1 heterocycles. The second kappa shape index (κ2) is 2.83. The van der Waals surface area contributed by atoms with Gasteiger partial charge in [-0.2, -0.15) is 0 Å². The van der Waals surface area contributed by atoms with E-state index >= 15 is 0 Å². The Labute approximate surface area is 89.2 Å². The highest BCUT2D eigenvalue weighted by Crippen LogP contribution is 2.63. The molecule has 0 amide bonds. The van der Waals surface area contributed by atoms with Crippen molar-refractivity contribution in [2.24, 2.45) is 10.8 Å².